The van der Waals surface area contributed by atoms with E-state index in [1.165, 1.54) is 12.1 Å². The zero-order chi connectivity index (χ0) is 20.1. The summed E-state index contributed by atoms with van der Waals surface area (Å²) >= 11 is 0. The van der Waals surface area contributed by atoms with Gasteiger partial charge in [0, 0.05) is 17.3 Å². The fraction of sp³-hybridized carbons (Fsp3) is 0. The van der Waals surface area contributed by atoms with E-state index in [4.69, 9.17) is 5.10 Å². The minimum atomic E-state index is -0.490. The van der Waals surface area contributed by atoms with Gasteiger partial charge >= 0.3 is 0 Å². The number of nitrogens with one attached hydrogen (secondary N) is 1. The fourth-order valence-electron chi connectivity index (χ4n) is 2.90. The lowest BCUT2D eigenvalue weighted by molar-refractivity contribution is 0.0952. The molecule has 0 bridgehead atoms. The Morgan fingerprint density at radius 2 is 1.59 bits per heavy atom. The fourth-order valence-corrected chi connectivity index (χ4v) is 2.90. The van der Waals surface area contributed by atoms with Crippen LogP contribution in [0.3, 0.4) is 0 Å². The van der Waals surface area contributed by atoms with Gasteiger partial charge in [0.1, 0.15) is 11.4 Å². The second-order valence-electron chi connectivity index (χ2n) is 6.30. The van der Waals surface area contributed by atoms with Crippen LogP contribution in [0.4, 0.5) is 0 Å². The Hall–Kier alpha value is -4.19. The van der Waals surface area contributed by atoms with Crippen molar-refractivity contribution in [3.8, 4) is 22.7 Å². The average Bonchev–Trinajstić information content (AvgIpc) is 3.19. The van der Waals surface area contributed by atoms with Crippen molar-refractivity contribution in [1.29, 1.82) is 0 Å². The summed E-state index contributed by atoms with van der Waals surface area (Å²) in [7, 11) is 0. The first kappa shape index (κ1) is 18.2. The van der Waals surface area contributed by atoms with Crippen LogP contribution >= 0.6 is 0 Å². The predicted octanol–water partition coefficient (Wildman–Crippen LogP) is 4.01. The first-order chi connectivity index (χ1) is 14.2. The van der Waals surface area contributed by atoms with Crippen LogP contribution in [0.25, 0.3) is 16.9 Å². The van der Waals surface area contributed by atoms with Crippen LogP contribution in [0.15, 0.2) is 96.2 Å². The standard InChI is InChI=1S/C23H18N4O2/c28-21-14-8-7-13-20(21)23(29)25-24-15-18-16-27(19-11-5-2-6-12-19)26-22(18)17-9-3-1-4-10-17/h1-16,28H,(H,25,29)/b24-15+. The quantitative estimate of drug-likeness (QED) is 0.404. The van der Waals surface area contributed by atoms with Crippen LogP contribution < -0.4 is 5.43 Å². The molecule has 0 spiro atoms. The molecule has 3 aromatic carbocycles. The van der Waals surface area contributed by atoms with Gasteiger partial charge in [-0.1, -0.05) is 60.7 Å². The molecule has 0 aliphatic heterocycles. The van der Waals surface area contributed by atoms with E-state index < -0.39 is 5.91 Å². The number of para-hydroxylation sites is 2. The summed E-state index contributed by atoms with van der Waals surface area (Å²) in [6.07, 6.45) is 3.40. The summed E-state index contributed by atoms with van der Waals surface area (Å²) in [5.74, 6) is -0.585. The SMILES string of the molecule is O=C(N/N=C/c1cn(-c2ccccc2)nc1-c1ccccc1)c1ccccc1O. The van der Waals surface area contributed by atoms with Gasteiger partial charge in [0.2, 0.25) is 0 Å². The van der Waals surface area contributed by atoms with Gasteiger partial charge in [-0.15, -0.1) is 0 Å². The largest absolute Gasteiger partial charge is 0.507 e. The Morgan fingerprint density at radius 3 is 2.31 bits per heavy atom. The molecule has 0 atom stereocenters. The lowest BCUT2D eigenvalue weighted by Crippen LogP contribution is -2.17. The van der Waals surface area contributed by atoms with Crippen molar-refractivity contribution in [2.45, 2.75) is 0 Å². The van der Waals surface area contributed by atoms with E-state index in [9.17, 15) is 9.90 Å². The van der Waals surface area contributed by atoms with Crippen molar-refractivity contribution in [3.05, 3.63) is 102 Å². The topological polar surface area (TPSA) is 79.5 Å². The molecule has 0 saturated heterocycles. The number of aromatic hydroxyl groups is 1. The molecular formula is C23H18N4O2. The van der Waals surface area contributed by atoms with Gasteiger partial charge in [0.05, 0.1) is 17.5 Å². The maximum atomic E-state index is 12.2. The van der Waals surface area contributed by atoms with Crippen LogP contribution in [0.5, 0.6) is 5.75 Å². The molecule has 4 aromatic rings. The third kappa shape index (κ3) is 4.06. The molecule has 0 saturated carbocycles. The Kier molecular flexibility index (Phi) is 5.16. The summed E-state index contributed by atoms with van der Waals surface area (Å²) in [6.45, 7) is 0. The van der Waals surface area contributed by atoms with Gasteiger partial charge in [-0.3, -0.25) is 4.79 Å². The van der Waals surface area contributed by atoms with Gasteiger partial charge in [0.25, 0.3) is 5.91 Å². The number of hydrazone groups is 1. The van der Waals surface area contributed by atoms with E-state index in [0.29, 0.717) is 0 Å². The summed E-state index contributed by atoms with van der Waals surface area (Å²) < 4.78 is 1.77. The number of benzene rings is 3. The third-order valence-electron chi connectivity index (χ3n) is 4.33. The first-order valence-electron chi connectivity index (χ1n) is 9.04. The van der Waals surface area contributed by atoms with Crippen molar-refractivity contribution in [1.82, 2.24) is 15.2 Å². The normalized spacial score (nSPS) is 10.9. The van der Waals surface area contributed by atoms with Gasteiger partial charge in [-0.05, 0) is 24.3 Å². The number of hydrogen-bond donors (Lipinski definition) is 2. The number of nitrogens with zero attached hydrogens (tertiary/aromatic N) is 3. The van der Waals surface area contributed by atoms with Crippen molar-refractivity contribution >= 4 is 12.1 Å². The third-order valence-corrected chi connectivity index (χ3v) is 4.33. The van der Waals surface area contributed by atoms with E-state index in [1.54, 1.807) is 23.0 Å². The molecule has 1 amide bonds. The Bertz CT molecular complexity index is 1150. The van der Waals surface area contributed by atoms with E-state index in [0.717, 1.165) is 22.5 Å². The highest BCUT2D eigenvalue weighted by Crippen LogP contribution is 2.22. The smallest absolute Gasteiger partial charge is 0.275 e. The first-order valence-corrected chi connectivity index (χ1v) is 9.04. The molecule has 6 nitrogen and oxygen atoms in total. The molecule has 1 aromatic heterocycles. The number of amides is 1. The summed E-state index contributed by atoms with van der Waals surface area (Å²) in [4.78, 5) is 12.2. The van der Waals surface area contributed by atoms with Gasteiger partial charge < -0.3 is 5.11 Å². The number of carbonyl (C=O) groups excluding carboxylic acids is 1. The molecule has 142 valence electrons. The minimum Gasteiger partial charge on any atom is -0.507 e. The number of phenols is 1. The number of phenolic OH excluding ortho intramolecular Hbond substituents is 1. The predicted molar refractivity (Wildman–Crippen MR) is 112 cm³/mol. The second-order valence-corrected chi connectivity index (χ2v) is 6.30. The summed E-state index contributed by atoms with van der Waals surface area (Å²) in [5.41, 5.74) is 5.96. The Balaban J connectivity index is 1.63. The molecule has 4 rings (SSSR count). The monoisotopic (exact) mass is 382 g/mol. The van der Waals surface area contributed by atoms with Crippen molar-refractivity contribution in [2.24, 2.45) is 5.10 Å². The van der Waals surface area contributed by atoms with Crippen molar-refractivity contribution in [3.63, 3.8) is 0 Å². The van der Waals surface area contributed by atoms with E-state index >= 15 is 0 Å². The maximum Gasteiger partial charge on any atom is 0.275 e. The van der Waals surface area contributed by atoms with E-state index in [-0.39, 0.29) is 11.3 Å². The molecule has 0 fully saturated rings. The zero-order valence-corrected chi connectivity index (χ0v) is 15.4. The number of carbonyl (C=O) groups is 1. The van der Waals surface area contributed by atoms with Crippen molar-refractivity contribution in [2.75, 3.05) is 0 Å². The summed E-state index contributed by atoms with van der Waals surface area (Å²) in [6, 6.07) is 25.8. The Morgan fingerprint density at radius 1 is 0.931 bits per heavy atom. The van der Waals surface area contributed by atoms with Gasteiger partial charge in [0.15, 0.2) is 0 Å². The van der Waals surface area contributed by atoms with E-state index in [2.05, 4.69) is 10.5 Å². The molecule has 0 aliphatic carbocycles. The molecule has 0 unspecified atom stereocenters. The van der Waals surface area contributed by atoms with Gasteiger partial charge in [-0.25, -0.2) is 10.1 Å². The summed E-state index contributed by atoms with van der Waals surface area (Å²) in [5, 5.41) is 18.6. The van der Waals surface area contributed by atoms with Crippen LogP contribution in [0.2, 0.25) is 0 Å². The van der Waals surface area contributed by atoms with E-state index in [1.807, 2.05) is 66.9 Å². The molecule has 6 heteroatoms. The Labute approximate surface area is 167 Å². The van der Waals surface area contributed by atoms with Gasteiger partial charge in [-0.2, -0.15) is 10.2 Å². The van der Waals surface area contributed by atoms with Crippen LogP contribution in [0, 0.1) is 0 Å². The highest BCUT2D eigenvalue weighted by Gasteiger charge is 2.12. The van der Waals surface area contributed by atoms with Crippen LogP contribution in [-0.4, -0.2) is 27.0 Å². The number of rotatable bonds is 5. The second kappa shape index (κ2) is 8.22. The van der Waals surface area contributed by atoms with Crippen LogP contribution in [-0.2, 0) is 0 Å². The minimum absolute atomic E-state index is 0.0953. The molecule has 29 heavy (non-hydrogen) atoms. The number of aromatic nitrogens is 2. The highest BCUT2D eigenvalue weighted by molar-refractivity contribution is 5.97. The lowest BCUT2D eigenvalue weighted by Gasteiger charge is -2.02. The zero-order valence-electron chi connectivity index (χ0n) is 15.4. The molecule has 0 aliphatic rings. The average molecular weight is 382 g/mol. The highest BCUT2D eigenvalue weighted by atomic mass is 16.3. The molecule has 2 N–H and O–H groups in total. The molecule has 0 radical (unpaired) electrons. The molecule has 1 heterocycles. The lowest BCUT2D eigenvalue weighted by atomic mass is 10.1. The number of hydrogen-bond acceptors (Lipinski definition) is 4. The van der Waals surface area contributed by atoms with Crippen LogP contribution in [0.1, 0.15) is 15.9 Å². The molecular weight excluding hydrogens is 364 g/mol. The maximum absolute atomic E-state index is 12.2. The van der Waals surface area contributed by atoms with Crippen molar-refractivity contribution < 1.29 is 9.90 Å².